The van der Waals surface area contributed by atoms with E-state index in [1.54, 1.807) is 0 Å². The molecule has 2 aliphatic rings. The minimum atomic E-state index is -0.616. The van der Waals surface area contributed by atoms with E-state index in [1.165, 1.54) is 25.8 Å². The summed E-state index contributed by atoms with van der Waals surface area (Å²) in [4.78, 5) is 2.50. The van der Waals surface area contributed by atoms with Gasteiger partial charge in [0.1, 0.15) is 5.60 Å². The highest BCUT2D eigenvalue weighted by Gasteiger charge is 2.39. The van der Waals surface area contributed by atoms with Crippen LogP contribution in [0.1, 0.15) is 37.7 Å². The van der Waals surface area contributed by atoms with Crippen LogP contribution < -0.4 is 0 Å². The number of hydrogen-bond acceptors (Lipinski definition) is 2. The molecule has 0 radical (unpaired) electrons. The summed E-state index contributed by atoms with van der Waals surface area (Å²) in [6.07, 6.45) is 6.04. The minimum absolute atomic E-state index is 0.616. The Labute approximate surface area is 103 Å². The quantitative estimate of drug-likeness (QED) is 0.803. The molecule has 0 spiro atoms. The number of nitrogens with zero attached hydrogens (tertiary/aromatic N) is 1. The lowest BCUT2D eigenvalue weighted by molar-refractivity contribution is -0.0661. The number of fused-ring (bicyclic) bond motifs is 1. The van der Waals surface area contributed by atoms with Gasteiger partial charge in [0.15, 0.2) is 0 Å². The highest BCUT2D eigenvalue weighted by atomic mass is 16.3. The molecule has 2 atom stereocenters. The molecule has 0 aromatic heterocycles. The molecule has 17 heavy (non-hydrogen) atoms. The van der Waals surface area contributed by atoms with Crippen molar-refractivity contribution in [3.8, 4) is 0 Å². The number of rotatable bonds is 1. The highest BCUT2D eigenvalue weighted by Crippen LogP contribution is 2.37. The van der Waals surface area contributed by atoms with E-state index in [1.807, 2.05) is 18.2 Å². The molecule has 1 aromatic carbocycles. The zero-order chi connectivity index (χ0) is 11.7. The van der Waals surface area contributed by atoms with Crippen molar-refractivity contribution in [3.63, 3.8) is 0 Å². The fourth-order valence-corrected chi connectivity index (χ4v) is 3.40. The van der Waals surface area contributed by atoms with E-state index in [-0.39, 0.29) is 0 Å². The average Bonchev–Trinajstić information content (AvgIpc) is 2.40. The van der Waals surface area contributed by atoms with Gasteiger partial charge >= 0.3 is 0 Å². The van der Waals surface area contributed by atoms with Crippen molar-refractivity contribution in [2.75, 3.05) is 13.1 Å². The summed E-state index contributed by atoms with van der Waals surface area (Å²) in [5.74, 6) is 0. The summed E-state index contributed by atoms with van der Waals surface area (Å²) >= 11 is 0. The standard InChI is InChI=1S/C15H21NO/c17-15(13-6-2-1-3-7-13)10-9-14-8-4-5-11-16(14)12-15/h1-3,6-7,14,17H,4-5,8-12H2/t14-,15-/m1/s1. The largest absolute Gasteiger partial charge is 0.384 e. The Morgan fingerprint density at radius 1 is 1.12 bits per heavy atom. The van der Waals surface area contributed by atoms with E-state index in [0.717, 1.165) is 31.0 Å². The van der Waals surface area contributed by atoms with E-state index in [0.29, 0.717) is 0 Å². The molecule has 2 heteroatoms. The summed E-state index contributed by atoms with van der Waals surface area (Å²) in [7, 11) is 0. The lowest BCUT2D eigenvalue weighted by atomic mass is 9.80. The average molecular weight is 231 g/mol. The first-order valence-corrected chi connectivity index (χ1v) is 6.80. The Balaban J connectivity index is 1.80. The van der Waals surface area contributed by atoms with Crippen molar-refractivity contribution in [1.29, 1.82) is 0 Å². The van der Waals surface area contributed by atoms with Crippen LogP contribution in [0.3, 0.4) is 0 Å². The molecule has 0 amide bonds. The molecule has 2 fully saturated rings. The smallest absolute Gasteiger partial charge is 0.102 e. The van der Waals surface area contributed by atoms with Gasteiger partial charge in [0.2, 0.25) is 0 Å². The second-order valence-corrected chi connectivity index (χ2v) is 5.56. The van der Waals surface area contributed by atoms with Crippen LogP contribution >= 0.6 is 0 Å². The van der Waals surface area contributed by atoms with E-state index in [4.69, 9.17) is 0 Å². The number of benzene rings is 1. The van der Waals surface area contributed by atoms with Crippen molar-refractivity contribution in [3.05, 3.63) is 35.9 Å². The summed E-state index contributed by atoms with van der Waals surface area (Å²) in [6, 6.07) is 10.9. The van der Waals surface area contributed by atoms with Gasteiger partial charge in [-0.05, 0) is 37.8 Å². The third-order valence-electron chi connectivity index (χ3n) is 4.42. The summed E-state index contributed by atoms with van der Waals surface area (Å²) in [6.45, 7) is 1.99. The van der Waals surface area contributed by atoms with Gasteiger partial charge < -0.3 is 5.11 Å². The van der Waals surface area contributed by atoms with Gasteiger partial charge in [-0.15, -0.1) is 0 Å². The summed E-state index contributed by atoms with van der Waals surface area (Å²) < 4.78 is 0. The zero-order valence-electron chi connectivity index (χ0n) is 10.3. The fourth-order valence-electron chi connectivity index (χ4n) is 3.40. The van der Waals surface area contributed by atoms with E-state index in [2.05, 4.69) is 17.0 Å². The maximum absolute atomic E-state index is 10.8. The van der Waals surface area contributed by atoms with Gasteiger partial charge in [0.05, 0.1) is 0 Å². The topological polar surface area (TPSA) is 23.5 Å². The molecule has 1 aromatic rings. The zero-order valence-corrected chi connectivity index (χ0v) is 10.3. The predicted octanol–water partition coefficient (Wildman–Crippen LogP) is 2.52. The van der Waals surface area contributed by atoms with Crippen LogP contribution in [0.15, 0.2) is 30.3 Å². The maximum atomic E-state index is 10.8. The molecular weight excluding hydrogens is 210 g/mol. The Morgan fingerprint density at radius 2 is 1.94 bits per heavy atom. The van der Waals surface area contributed by atoms with Gasteiger partial charge in [-0.3, -0.25) is 4.90 Å². The first-order valence-electron chi connectivity index (χ1n) is 6.80. The maximum Gasteiger partial charge on any atom is 0.102 e. The molecule has 0 bridgehead atoms. The molecule has 92 valence electrons. The number of aliphatic hydroxyl groups is 1. The van der Waals surface area contributed by atoms with Gasteiger partial charge in [-0.1, -0.05) is 36.8 Å². The number of piperidine rings is 2. The molecule has 2 aliphatic heterocycles. The van der Waals surface area contributed by atoms with Gasteiger partial charge in [0.25, 0.3) is 0 Å². The molecule has 0 aliphatic carbocycles. The van der Waals surface area contributed by atoms with Crippen molar-refractivity contribution < 1.29 is 5.11 Å². The highest BCUT2D eigenvalue weighted by molar-refractivity contribution is 5.23. The molecule has 1 N–H and O–H groups in total. The molecule has 0 unspecified atom stereocenters. The van der Waals surface area contributed by atoms with Gasteiger partial charge in [-0.25, -0.2) is 0 Å². The van der Waals surface area contributed by atoms with Crippen molar-refractivity contribution >= 4 is 0 Å². The van der Waals surface area contributed by atoms with Crippen LogP contribution in [0.25, 0.3) is 0 Å². The SMILES string of the molecule is O[C@]1(c2ccccc2)CC[C@H]2CCCCN2C1. The van der Waals surface area contributed by atoms with Crippen LogP contribution in [0.4, 0.5) is 0 Å². The van der Waals surface area contributed by atoms with Crippen molar-refractivity contribution in [2.45, 2.75) is 43.7 Å². The Morgan fingerprint density at radius 3 is 2.76 bits per heavy atom. The third-order valence-corrected chi connectivity index (χ3v) is 4.42. The molecular formula is C15H21NO. The lowest BCUT2D eigenvalue weighted by Crippen LogP contribution is -2.52. The van der Waals surface area contributed by atoms with Crippen LogP contribution in [0.2, 0.25) is 0 Å². The first-order chi connectivity index (χ1) is 8.28. The molecule has 3 rings (SSSR count). The Kier molecular flexibility index (Phi) is 2.93. The van der Waals surface area contributed by atoms with E-state index >= 15 is 0 Å². The van der Waals surface area contributed by atoms with E-state index in [9.17, 15) is 5.11 Å². The normalized spacial score (nSPS) is 34.3. The number of hydrogen-bond donors (Lipinski definition) is 1. The van der Waals surface area contributed by atoms with Crippen molar-refractivity contribution in [2.24, 2.45) is 0 Å². The van der Waals surface area contributed by atoms with E-state index < -0.39 is 5.60 Å². The molecule has 2 saturated heterocycles. The molecule has 0 saturated carbocycles. The van der Waals surface area contributed by atoms with Crippen LogP contribution in [0.5, 0.6) is 0 Å². The third kappa shape index (κ3) is 2.12. The minimum Gasteiger partial charge on any atom is -0.384 e. The Hall–Kier alpha value is -0.860. The second-order valence-electron chi connectivity index (χ2n) is 5.56. The monoisotopic (exact) mass is 231 g/mol. The van der Waals surface area contributed by atoms with Crippen LogP contribution in [-0.2, 0) is 5.60 Å². The lowest BCUT2D eigenvalue weighted by Gasteiger charge is -2.46. The Bertz CT molecular complexity index is 378. The van der Waals surface area contributed by atoms with Gasteiger partial charge in [0, 0.05) is 12.6 Å². The fraction of sp³-hybridized carbons (Fsp3) is 0.600. The van der Waals surface area contributed by atoms with Crippen LogP contribution in [0, 0.1) is 0 Å². The first kappa shape index (κ1) is 11.2. The van der Waals surface area contributed by atoms with Crippen molar-refractivity contribution in [1.82, 2.24) is 4.90 Å². The van der Waals surface area contributed by atoms with Gasteiger partial charge in [-0.2, -0.15) is 0 Å². The predicted molar refractivity (Wildman–Crippen MR) is 68.8 cm³/mol. The summed E-state index contributed by atoms with van der Waals surface area (Å²) in [5, 5.41) is 10.8. The molecule has 2 heterocycles. The van der Waals surface area contributed by atoms with Crippen LogP contribution in [-0.4, -0.2) is 29.1 Å². The summed E-state index contributed by atoms with van der Waals surface area (Å²) in [5.41, 5.74) is 0.471. The molecule has 2 nitrogen and oxygen atoms in total. The second kappa shape index (κ2) is 4.43.